The van der Waals surface area contributed by atoms with Crippen LogP contribution in [0, 0.1) is 5.92 Å². The summed E-state index contributed by atoms with van der Waals surface area (Å²) in [7, 11) is -3.61. The molecule has 1 N–H and O–H groups in total. The van der Waals surface area contributed by atoms with Crippen molar-refractivity contribution in [2.45, 2.75) is 44.7 Å². The Balaban J connectivity index is 1.55. The van der Waals surface area contributed by atoms with Gasteiger partial charge >= 0.3 is 0 Å². The fraction of sp³-hybridized carbons (Fsp3) is 0.409. The number of ketones is 1. The molecule has 0 unspecified atom stereocenters. The summed E-state index contributed by atoms with van der Waals surface area (Å²) in [5.41, 5.74) is 2.67. The molecule has 28 heavy (non-hydrogen) atoms. The summed E-state index contributed by atoms with van der Waals surface area (Å²) in [6.07, 6.45) is 2.51. The van der Waals surface area contributed by atoms with Crippen molar-refractivity contribution in [2.75, 3.05) is 13.1 Å². The maximum Gasteiger partial charge on any atom is 0.240 e. The van der Waals surface area contributed by atoms with Crippen LogP contribution in [-0.4, -0.2) is 32.2 Å². The maximum absolute atomic E-state index is 12.4. The van der Waals surface area contributed by atoms with Crippen LogP contribution in [0.1, 0.15) is 48.2 Å². The second-order valence-corrected chi connectivity index (χ2v) is 9.45. The van der Waals surface area contributed by atoms with Gasteiger partial charge in [-0.05, 0) is 62.0 Å². The van der Waals surface area contributed by atoms with E-state index in [1.807, 2.05) is 12.1 Å². The average Bonchev–Trinajstić information content (AvgIpc) is 2.69. The smallest absolute Gasteiger partial charge is 0.240 e. The fourth-order valence-corrected chi connectivity index (χ4v) is 4.39. The number of nitrogens with one attached hydrogen (secondary N) is 1. The monoisotopic (exact) mass is 400 g/mol. The highest BCUT2D eigenvalue weighted by Gasteiger charge is 2.16. The van der Waals surface area contributed by atoms with E-state index in [0.717, 1.165) is 31.1 Å². The van der Waals surface area contributed by atoms with Gasteiger partial charge in [-0.25, -0.2) is 13.1 Å². The maximum atomic E-state index is 12.4. The Bertz CT molecular complexity index is 898. The van der Waals surface area contributed by atoms with Crippen LogP contribution in [0.4, 0.5) is 0 Å². The van der Waals surface area contributed by atoms with Gasteiger partial charge in [-0.3, -0.25) is 9.69 Å². The SMILES string of the molecule is CC(=O)c1ccc(S(=O)(=O)NCc2ccc(CN3CCC(C)CC3)cc2)cc1. The normalized spacial score (nSPS) is 16.2. The first kappa shape index (κ1) is 20.7. The van der Waals surface area contributed by atoms with Crippen molar-refractivity contribution in [1.82, 2.24) is 9.62 Å². The zero-order chi connectivity index (χ0) is 20.1. The predicted octanol–water partition coefficient (Wildman–Crippen LogP) is 3.60. The molecule has 1 heterocycles. The summed E-state index contributed by atoms with van der Waals surface area (Å²) in [4.78, 5) is 14.0. The minimum atomic E-state index is -3.61. The van der Waals surface area contributed by atoms with Crippen molar-refractivity contribution < 1.29 is 13.2 Å². The molecule has 6 heteroatoms. The fourth-order valence-electron chi connectivity index (χ4n) is 3.37. The molecular weight excluding hydrogens is 372 g/mol. The summed E-state index contributed by atoms with van der Waals surface area (Å²) in [5.74, 6) is 0.737. The quantitative estimate of drug-likeness (QED) is 0.721. The molecule has 1 aliphatic rings. The molecule has 0 aromatic heterocycles. The highest BCUT2D eigenvalue weighted by Crippen LogP contribution is 2.18. The van der Waals surface area contributed by atoms with Crippen LogP contribution in [0.15, 0.2) is 53.4 Å². The highest BCUT2D eigenvalue weighted by atomic mass is 32.2. The van der Waals surface area contributed by atoms with Crippen molar-refractivity contribution in [3.8, 4) is 0 Å². The number of piperidine rings is 1. The Kier molecular flexibility index (Phi) is 6.65. The number of sulfonamides is 1. The van der Waals surface area contributed by atoms with Gasteiger partial charge in [0, 0.05) is 18.7 Å². The van der Waals surface area contributed by atoms with E-state index in [-0.39, 0.29) is 17.2 Å². The van der Waals surface area contributed by atoms with Gasteiger partial charge in [-0.1, -0.05) is 43.3 Å². The van der Waals surface area contributed by atoms with Gasteiger partial charge in [-0.15, -0.1) is 0 Å². The van der Waals surface area contributed by atoms with E-state index in [1.165, 1.54) is 49.6 Å². The molecule has 3 rings (SSSR count). The molecule has 0 bridgehead atoms. The number of nitrogens with zero attached hydrogens (tertiary/aromatic N) is 1. The molecular formula is C22H28N2O3S. The van der Waals surface area contributed by atoms with Gasteiger partial charge in [0.1, 0.15) is 0 Å². The lowest BCUT2D eigenvalue weighted by molar-refractivity contribution is 0.101. The van der Waals surface area contributed by atoms with Gasteiger partial charge < -0.3 is 0 Å². The molecule has 2 aromatic carbocycles. The standard InChI is InChI=1S/C22H28N2O3S/c1-17-11-13-24(14-12-17)16-20-5-3-19(4-6-20)15-23-28(26,27)22-9-7-21(8-10-22)18(2)25/h3-10,17,23H,11-16H2,1-2H3. The van der Waals surface area contributed by atoms with Crippen LogP contribution < -0.4 is 4.72 Å². The van der Waals surface area contributed by atoms with Gasteiger partial charge in [0.05, 0.1) is 4.90 Å². The molecule has 150 valence electrons. The molecule has 0 amide bonds. The highest BCUT2D eigenvalue weighted by molar-refractivity contribution is 7.89. The summed E-state index contributed by atoms with van der Waals surface area (Å²) in [5, 5.41) is 0. The molecule has 0 radical (unpaired) electrons. The van der Waals surface area contributed by atoms with Crippen molar-refractivity contribution in [3.05, 3.63) is 65.2 Å². The minimum absolute atomic E-state index is 0.0870. The van der Waals surface area contributed by atoms with Crippen molar-refractivity contribution in [2.24, 2.45) is 5.92 Å². The zero-order valence-electron chi connectivity index (χ0n) is 16.5. The van der Waals surface area contributed by atoms with Crippen LogP contribution >= 0.6 is 0 Å². The van der Waals surface area contributed by atoms with E-state index in [4.69, 9.17) is 0 Å². The summed E-state index contributed by atoms with van der Waals surface area (Å²) >= 11 is 0. The summed E-state index contributed by atoms with van der Waals surface area (Å²) < 4.78 is 27.5. The third-order valence-corrected chi connectivity index (χ3v) is 6.76. The second kappa shape index (κ2) is 8.99. The number of Topliss-reactive ketones (excluding diaryl/α,β-unsaturated/α-hetero) is 1. The molecule has 0 aliphatic carbocycles. The lowest BCUT2D eigenvalue weighted by Crippen LogP contribution is -2.32. The third-order valence-electron chi connectivity index (χ3n) is 5.34. The topological polar surface area (TPSA) is 66.5 Å². The van der Waals surface area contributed by atoms with Crippen molar-refractivity contribution >= 4 is 15.8 Å². The predicted molar refractivity (Wildman–Crippen MR) is 111 cm³/mol. The number of carbonyl (C=O) groups excluding carboxylic acids is 1. The van der Waals surface area contributed by atoms with Gasteiger partial charge in [-0.2, -0.15) is 0 Å². The molecule has 1 aliphatic heterocycles. The van der Waals surface area contributed by atoms with E-state index < -0.39 is 10.0 Å². The number of rotatable bonds is 7. The number of carbonyl (C=O) groups is 1. The minimum Gasteiger partial charge on any atom is -0.299 e. The van der Waals surface area contributed by atoms with Crippen LogP contribution in [0.5, 0.6) is 0 Å². The first-order valence-corrected chi connectivity index (χ1v) is 11.2. The largest absolute Gasteiger partial charge is 0.299 e. The first-order chi connectivity index (χ1) is 13.3. The molecule has 1 saturated heterocycles. The average molecular weight is 401 g/mol. The summed E-state index contributed by atoms with van der Waals surface area (Å²) in [6, 6.07) is 14.1. The lowest BCUT2D eigenvalue weighted by atomic mass is 9.99. The molecule has 0 saturated carbocycles. The molecule has 1 fully saturated rings. The van der Waals surface area contributed by atoms with Crippen LogP contribution in [-0.2, 0) is 23.1 Å². The van der Waals surface area contributed by atoms with E-state index >= 15 is 0 Å². The Morgan fingerprint density at radius 2 is 1.57 bits per heavy atom. The van der Waals surface area contributed by atoms with Crippen LogP contribution in [0.25, 0.3) is 0 Å². The van der Waals surface area contributed by atoms with Gasteiger partial charge in [0.15, 0.2) is 5.78 Å². The van der Waals surface area contributed by atoms with Gasteiger partial charge in [0.2, 0.25) is 10.0 Å². The Labute approximate surface area is 167 Å². The summed E-state index contributed by atoms with van der Waals surface area (Å²) in [6.45, 7) is 7.23. The molecule has 0 atom stereocenters. The molecule has 0 spiro atoms. The second-order valence-electron chi connectivity index (χ2n) is 7.68. The van der Waals surface area contributed by atoms with E-state index in [1.54, 1.807) is 0 Å². The van der Waals surface area contributed by atoms with Crippen molar-refractivity contribution in [3.63, 3.8) is 0 Å². The Morgan fingerprint density at radius 3 is 2.14 bits per heavy atom. The van der Waals surface area contributed by atoms with Gasteiger partial charge in [0.25, 0.3) is 0 Å². The molecule has 5 nitrogen and oxygen atoms in total. The zero-order valence-corrected chi connectivity index (χ0v) is 17.3. The van der Waals surface area contributed by atoms with E-state index in [0.29, 0.717) is 5.56 Å². The van der Waals surface area contributed by atoms with Crippen LogP contribution in [0.2, 0.25) is 0 Å². The number of hydrogen-bond acceptors (Lipinski definition) is 4. The number of likely N-dealkylation sites (tertiary alicyclic amines) is 1. The number of hydrogen-bond donors (Lipinski definition) is 1. The Hall–Kier alpha value is -2.02. The van der Waals surface area contributed by atoms with E-state index in [2.05, 4.69) is 28.7 Å². The van der Waals surface area contributed by atoms with E-state index in [9.17, 15) is 13.2 Å². The Morgan fingerprint density at radius 1 is 1.00 bits per heavy atom. The van der Waals surface area contributed by atoms with Crippen LogP contribution in [0.3, 0.4) is 0 Å². The lowest BCUT2D eigenvalue weighted by Gasteiger charge is -2.30. The molecule has 2 aromatic rings. The van der Waals surface area contributed by atoms with Crippen molar-refractivity contribution in [1.29, 1.82) is 0 Å². The first-order valence-electron chi connectivity index (χ1n) is 9.74. The third kappa shape index (κ3) is 5.50. The number of benzene rings is 2.